The molecule has 0 saturated heterocycles. The van der Waals surface area contributed by atoms with Gasteiger partial charge in [-0.2, -0.15) is 0 Å². The van der Waals surface area contributed by atoms with E-state index in [1.54, 1.807) is 0 Å². The fourth-order valence-corrected chi connectivity index (χ4v) is 8.99. The molecule has 6 N–H and O–H groups in total. The van der Waals surface area contributed by atoms with Crippen LogP contribution < -0.4 is 11.1 Å². The van der Waals surface area contributed by atoms with Crippen molar-refractivity contribution in [2.45, 2.75) is 96.9 Å². The lowest BCUT2D eigenvalue weighted by molar-refractivity contribution is -0.207. The van der Waals surface area contributed by atoms with E-state index in [4.69, 9.17) is 5.73 Å². The van der Waals surface area contributed by atoms with Crippen LogP contribution in [0, 0.1) is 46.3 Å². The minimum atomic E-state index is -0.371. The molecule has 0 aliphatic heterocycles. The van der Waals surface area contributed by atoms with Gasteiger partial charge in [-0.25, -0.2) is 0 Å². The summed E-state index contributed by atoms with van der Waals surface area (Å²) < 4.78 is 0. The number of carbonyl (C=O) groups is 1. The van der Waals surface area contributed by atoms with Gasteiger partial charge in [0.1, 0.15) is 0 Å². The highest BCUT2D eigenvalue weighted by molar-refractivity contribution is 5.75. The summed E-state index contributed by atoms with van der Waals surface area (Å²) >= 11 is 0. The molecular formula is C26H46N2O4. The molecule has 0 aromatic heterocycles. The highest BCUT2D eigenvalue weighted by Crippen LogP contribution is 2.68. The Morgan fingerprint density at radius 2 is 1.84 bits per heavy atom. The molecule has 6 nitrogen and oxygen atoms in total. The zero-order chi connectivity index (χ0) is 23.3. The van der Waals surface area contributed by atoms with Gasteiger partial charge < -0.3 is 26.4 Å². The SMILES string of the molecule is C[C@H](CCC(=O)NCCN)[C@H]1CC[C@H]2[C@@H]3[C@H](O)CC4C[C@H](O)CC[C@]4(C)[C@H]3C[C@H](O)[C@]12C. The third kappa shape index (κ3) is 3.93. The van der Waals surface area contributed by atoms with Gasteiger partial charge in [-0.3, -0.25) is 4.79 Å². The topological polar surface area (TPSA) is 116 Å². The molecule has 0 aromatic carbocycles. The fourth-order valence-electron chi connectivity index (χ4n) is 8.99. The van der Waals surface area contributed by atoms with E-state index in [2.05, 4.69) is 26.1 Å². The number of aliphatic hydroxyl groups excluding tert-OH is 3. The van der Waals surface area contributed by atoms with Crippen LogP contribution >= 0.6 is 0 Å². The van der Waals surface area contributed by atoms with Crippen LogP contribution in [-0.2, 0) is 4.79 Å². The van der Waals surface area contributed by atoms with Crippen LogP contribution in [-0.4, -0.2) is 52.6 Å². The molecule has 0 radical (unpaired) electrons. The van der Waals surface area contributed by atoms with E-state index < -0.39 is 0 Å². The fraction of sp³-hybridized carbons (Fsp3) is 0.962. The Hall–Kier alpha value is -0.690. The first-order valence-electron chi connectivity index (χ1n) is 13.1. The van der Waals surface area contributed by atoms with Crippen molar-refractivity contribution in [1.29, 1.82) is 0 Å². The van der Waals surface area contributed by atoms with Gasteiger partial charge in [0.05, 0.1) is 18.3 Å². The van der Waals surface area contributed by atoms with Crippen LogP contribution in [0.1, 0.15) is 78.6 Å². The van der Waals surface area contributed by atoms with E-state index in [-0.39, 0.29) is 41.0 Å². The average molecular weight is 451 g/mol. The van der Waals surface area contributed by atoms with E-state index >= 15 is 0 Å². The first kappa shape index (κ1) is 24.4. The minimum absolute atomic E-state index is 0.0624. The monoisotopic (exact) mass is 450 g/mol. The predicted octanol–water partition coefficient (Wildman–Crippen LogP) is 2.44. The molecule has 1 amide bonds. The number of carbonyl (C=O) groups excluding carboxylic acids is 1. The second-order valence-electron chi connectivity index (χ2n) is 12.2. The van der Waals surface area contributed by atoms with Crippen molar-refractivity contribution < 1.29 is 20.1 Å². The number of hydrogen-bond donors (Lipinski definition) is 5. The van der Waals surface area contributed by atoms with Crippen molar-refractivity contribution in [3.63, 3.8) is 0 Å². The third-order valence-corrected chi connectivity index (χ3v) is 10.8. The van der Waals surface area contributed by atoms with Gasteiger partial charge in [0.25, 0.3) is 0 Å². The van der Waals surface area contributed by atoms with Gasteiger partial charge in [0.2, 0.25) is 5.91 Å². The standard InChI is InChI=1S/C26H46N2O4/c1-15(4-7-23(32)28-11-10-27)18-5-6-19-24-20(14-22(31)26(18,19)3)25(2)9-8-17(29)12-16(25)13-21(24)30/h15-22,24,29-31H,4-14,27H2,1-3H3,(H,28,32)/t15-,16?,17-,18-,19+,20+,21-,22+,24+,25+,26-/m1/s1. The van der Waals surface area contributed by atoms with Crippen LogP contribution in [0.5, 0.6) is 0 Å². The van der Waals surface area contributed by atoms with Crippen molar-refractivity contribution >= 4 is 5.91 Å². The normalized spacial score (nSPS) is 49.0. The quantitative estimate of drug-likeness (QED) is 0.426. The molecule has 0 heterocycles. The summed E-state index contributed by atoms with van der Waals surface area (Å²) in [6.45, 7) is 7.86. The first-order chi connectivity index (χ1) is 15.1. The number of nitrogens with two attached hydrogens (primary N) is 1. The molecule has 6 heteroatoms. The van der Waals surface area contributed by atoms with Gasteiger partial charge >= 0.3 is 0 Å². The van der Waals surface area contributed by atoms with Crippen LogP contribution in [0.25, 0.3) is 0 Å². The predicted molar refractivity (Wildman–Crippen MR) is 124 cm³/mol. The molecule has 4 aliphatic rings. The summed E-state index contributed by atoms with van der Waals surface area (Å²) in [5.74, 6) is 2.03. The smallest absolute Gasteiger partial charge is 0.220 e. The van der Waals surface area contributed by atoms with Crippen molar-refractivity contribution in [3.8, 4) is 0 Å². The van der Waals surface area contributed by atoms with E-state index in [1.165, 1.54) is 0 Å². The largest absolute Gasteiger partial charge is 0.393 e. The molecule has 4 aliphatic carbocycles. The van der Waals surface area contributed by atoms with Gasteiger partial charge in [0, 0.05) is 19.5 Å². The van der Waals surface area contributed by atoms with Gasteiger partial charge in [0.15, 0.2) is 0 Å². The van der Waals surface area contributed by atoms with Gasteiger partial charge in [-0.15, -0.1) is 0 Å². The molecule has 0 bridgehead atoms. The summed E-state index contributed by atoms with van der Waals surface area (Å²) in [5, 5.41) is 36.1. The van der Waals surface area contributed by atoms with Crippen LogP contribution in [0.4, 0.5) is 0 Å². The Morgan fingerprint density at radius 1 is 1.09 bits per heavy atom. The Bertz CT molecular complexity index is 689. The molecule has 0 spiro atoms. The van der Waals surface area contributed by atoms with Gasteiger partial charge in [-0.05, 0) is 97.7 Å². The number of nitrogens with one attached hydrogen (secondary N) is 1. The molecular weight excluding hydrogens is 404 g/mol. The zero-order valence-corrected chi connectivity index (χ0v) is 20.3. The lowest BCUT2D eigenvalue weighted by Crippen LogP contribution is -2.62. The highest BCUT2D eigenvalue weighted by Gasteiger charge is 2.65. The minimum Gasteiger partial charge on any atom is -0.393 e. The van der Waals surface area contributed by atoms with Crippen molar-refractivity contribution in [2.75, 3.05) is 13.1 Å². The maximum absolute atomic E-state index is 12.1. The highest BCUT2D eigenvalue weighted by atomic mass is 16.3. The number of amides is 1. The number of rotatable bonds is 6. The van der Waals surface area contributed by atoms with E-state index in [0.717, 1.165) is 51.4 Å². The number of aliphatic hydroxyl groups is 3. The summed E-state index contributed by atoms with van der Waals surface area (Å²) in [6.07, 6.45) is 6.70. The van der Waals surface area contributed by atoms with E-state index in [1.807, 2.05) is 0 Å². The van der Waals surface area contributed by atoms with Crippen molar-refractivity contribution in [2.24, 2.45) is 52.1 Å². The summed E-state index contributed by atoms with van der Waals surface area (Å²) in [4.78, 5) is 12.1. The first-order valence-corrected chi connectivity index (χ1v) is 13.1. The molecule has 4 saturated carbocycles. The molecule has 4 rings (SSSR count). The van der Waals surface area contributed by atoms with E-state index in [0.29, 0.717) is 49.1 Å². The maximum Gasteiger partial charge on any atom is 0.220 e. The lowest BCUT2D eigenvalue weighted by Gasteiger charge is -2.63. The summed E-state index contributed by atoms with van der Waals surface area (Å²) in [6, 6.07) is 0. The maximum atomic E-state index is 12.1. The van der Waals surface area contributed by atoms with Crippen LogP contribution in [0.3, 0.4) is 0 Å². The Balaban J connectivity index is 1.51. The molecule has 1 unspecified atom stereocenters. The Morgan fingerprint density at radius 3 is 2.56 bits per heavy atom. The summed E-state index contributed by atoms with van der Waals surface area (Å²) in [7, 11) is 0. The van der Waals surface area contributed by atoms with Crippen molar-refractivity contribution in [1.82, 2.24) is 5.32 Å². The second kappa shape index (κ2) is 9.16. The average Bonchev–Trinajstić information content (AvgIpc) is 3.11. The van der Waals surface area contributed by atoms with Crippen molar-refractivity contribution in [3.05, 3.63) is 0 Å². The number of fused-ring (bicyclic) bond motifs is 5. The third-order valence-electron chi connectivity index (χ3n) is 10.8. The van der Waals surface area contributed by atoms with E-state index in [9.17, 15) is 20.1 Å². The Labute approximate surface area is 193 Å². The zero-order valence-electron chi connectivity index (χ0n) is 20.3. The lowest BCUT2D eigenvalue weighted by atomic mass is 9.43. The molecule has 4 fully saturated rings. The summed E-state index contributed by atoms with van der Waals surface area (Å²) in [5.41, 5.74) is 5.39. The molecule has 0 aromatic rings. The molecule has 32 heavy (non-hydrogen) atoms. The van der Waals surface area contributed by atoms with Gasteiger partial charge in [-0.1, -0.05) is 20.8 Å². The van der Waals surface area contributed by atoms with Crippen LogP contribution in [0.15, 0.2) is 0 Å². The number of hydrogen-bond acceptors (Lipinski definition) is 5. The molecule has 11 atom stereocenters. The molecule has 184 valence electrons. The second-order valence-corrected chi connectivity index (χ2v) is 12.2. The van der Waals surface area contributed by atoms with Crippen LogP contribution in [0.2, 0.25) is 0 Å². The Kier molecular flexibility index (Phi) is 7.00.